The van der Waals surface area contributed by atoms with Crippen LogP contribution in [0.1, 0.15) is 26.3 Å². The van der Waals surface area contributed by atoms with Gasteiger partial charge in [-0.25, -0.2) is 4.79 Å². The Balaban J connectivity index is 1.57. The summed E-state index contributed by atoms with van der Waals surface area (Å²) >= 11 is 0. The van der Waals surface area contributed by atoms with Crippen molar-refractivity contribution < 1.29 is 38.7 Å². The molecule has 1 unspecified atom stereocenters. The number of benzene rings is 3. The Morgan fingerprint density at radius 3 is 2.39 bits per heavy atom. The van der Waals surface area contributed by atoms with Crippen molar-refractivity contribution in [2.24, 2.45) is 5.92 Å². The lowest BCUT2D eigenvalue weighted by atomic mass is 9.88. The lowest BCUT2D eigenvalue weighted by molar-refractivity contribution is 0.0727. The summed E-state index contributed by atoms with van der Waals surface area (Å²) in [6.07, 6.45) is 0.254. The van der Waals surface area contributed by atoms with Crippen LogP contribution in [-0.4, -0.2) is 42.8 Å². The number of phenols is 2. The van der Waals surface area contributed by atoms with Gasteiger partial charge in [0, 0.05) is 6.07 Å². The lowest BCUT2D eigenvalue weighted by Crippen LogP contribution is -2.29. The number of phenolic OH excluding ortho intramolecular Hbond substituents is 2. The third kappa shape index (κ3) is 4.27. The predicted molar refractivity (Wildman–Crippen MR) is 118 cm³/mol. The second kappa shape index (κ2) is 9.12. The molecule has 8 heteroatoms. The molecule has 8 nitrogen and oxygen atoms in total. The number of ether oxygens (including phenoxy) is 4. The van der Waals surface area contributed by atoms with E-state index in [-0.39, 0.29) is 41.6 Å². The zero-order valence-corrected chi connectivity index (χ0v) is 18.0. The maximum Gasteiger partial charge on any atom is 0.343 e. The summed E-state index contributed by atoms with van der Waals surface area (Å²) in [5, 5.41) is 20.4. The molecule has 0 saturated carbocycles. The maximum absolute atomic E-state index is 13.1. The van der Waals surface area contributed by atoms with Gasteiger partial charge in [0.1, 0.15) is 11.3 Å². The summed E-state index contributed by atoms with van der Waals surface area (Å²) in [5.41, 5.74) is 1.01. The SMILES string of the molecule is COc1ccc(CC2COc3cc(OC)c(O)c(O)c3C2=O)cc1OC(=O)c1ccccc1. The number of esters is 1. The van der Waals surface area contributed by atoms with Crippen LogP contribution >= 0.6 is 0 Å². The maximum atomic E-state index is 13.1. The standard InChI is InChI=1S/C25H22O8/c1-30-17-9-8-14(11-18(17)33-25(29)15-6-4-3-5-7-15)10-16-13-32-19-12-20(31-2)23(27)24(28)21(19)22(16)26/h3-9,11-12,16,27-28H,10,13H2,1-2H3. The van der Waals surface area contributed by atoms with E-state index in [1.54, 1.807) is 48.5 Å². The summed E-state index contributed by atoms with van der Waals surface area (Å²) in [5.74, 6) is -1.88. The van der Waals surface area contributed by atoms with E-state index in [9.17, 15) is 19.8 Å². The molecule has 3 aromatic rings. The van der Waals surface area contributed by atoms with Crippen LogP contribution in [0.15, 0.2) is 54.6 Å². The van der Waals surface area contributed by atoms with E-state index >= 15 is 0 Å². The van der Waals surface area contributed by atoms with Crippen LogP contribution in [0.4, 0.5) is 0 Å². The molecule has 1 heterocycles. The van der Waals surface area contributed by atoms with E-state index in [1.807, 2.05) is 0 Å². The molecule has 0 saturated heterocycles. The molecule has 0 amide bonds. The highest BCUT2D eigenvalue weighted by molar-refractivity contribution is 6.05. The predicted octanol–water partition coefficient (Wildman–Crippen LogP) is 3.77. The molecule has 0 aromatic heterocycles. The number of aromatic hydroxyl groups is 2. The summed E-state index contributed by atoms with van der Waals surface area (Å²) in [6.45, 7) is 0.0738. The zero-order chi connectivity index (χ0) is 23.5. The molecular weight excluding hydrogens is 428 g/mol. The monoisotopic (exact) mass is 450 g/mol. The molecule has 4 rings (SSSR count). The number of methoxy groups -OCH3 is 2. The Bertz CT molecular complexity index is 1200. The van der Waals surface area contributed by atoms with E-state index < -0.39 is 23.4 Å². The van der Waals surface area contributed by atoms with Gasteiger partial charge in [-0.05, 0) is 36.2 Å². The van der Waals surface area contributed by atoms with E-state index in [0.717, 1.165) is 0 Å². The first-order valence-electron chi connectivity index (χ1n) is 10.2. The van der Waals surface area contributed by atoms with Crippen LogP contribution in [-0.2, 0) is 6.42 Å². The Morgan fingerprint density at radius 2 is 1.70 bits per heavy atom. The summed E-state index contributed by atoms with van der Waals surface area (Å²) < 4.78 is 21.5. The number of fused-ring (bicyclic) bond motifs is 1. The van der Waals surface area contributed by atoms with Crippen LogP contribution < -0.4 is 18.9 Å². The second-order valence-electron chi connectivity index (χ2n) is 7.47. The number of Topliss-reactive ketones (excluding diaryl/α,β-unsaturated/α-hetero) is 1. The first kappa shape index (κ1) is 22.0. The van der Waals surface area contributed by atoms with Crippen LogP contribution in [0, 0.1) is 5.92 Å². The summed E-state index contributed by atoms with van der Waals surface area (Å²) in [7, 11) is 2.80. The number of hydrogen-bond acceptors (Lipinski definition) is 8. The van der Waals surface area contributed by atoms with Crippen molar-refractivity contribution in [1.29, 1.82) is 0 Å². The number of rotatable bonds is 6. The first-order chi connectivity index (χ1) is 15.9. The van der Waals surface area contributed by atoms with Crippen LogP contribution in [0.5, 0.6) is 34.5 Å². The molecule has 1 aliphatic heterocycles. The third-order valence-electron chi connectivity index (χ3n) is 5.40. The van der Waals surface area contributed by atoms with E-state index in [4.69, 9.17) is 18.9 Å². The first-order valence-corrected chi connectivity index (χ1v) is 10.2. The van der Waals surface area contributed by atoms with Gasteiger partial charge in [-0.1, -0.05) is 24.3 Å². The fourth-order valence-electron chi connectivity index (χ4n) is 3.69. The number of carbonyl (C=O) groups is 2. The molecule has 2 N–H and O–H groups in total. The fourth-order valence-corrected chi connectivity index (χ4v) is 3.69. The number of carbonyl (C=O) groups excluding carboxylic acids is 2. The lowest BCUT2D eigenvalue weighted by Gasteiger charge is -2.26. The van der Waals surface area contributed by atoms with Gasteiger partial charge in [-0.2, -0.15) is 0 Å². The van der Waals surface area contributed by atoms with E-state index in [2.05, 4.69) is 0 Å². The summed E-state index contributed by atoms with van der Waals surface area (Å²) in [4.78, 5) is 25.5. The van der Waals surface area contributed by atoms with Crippen LogP contribution in [0.2, 0.25) is 0 Å². The topological polar surface area (TPSA) is 112 Å². The Morgan fingerprint density at radius 1 is 0.970 bits per heavy atom. The van der Waals surface area contributed by atoms with Crippen molar-refractivity contribution in [3.8, 4) is 34.5 Å². The molecule has 170 valence electrons. The normalized spacial score (nSPS) is 14.7. The smallest absolute Gasteiger partial charge is 0.343 e. The molecule has 0 aliphatic carbocycles. The Kier molecular flexibility index (Phi) is 6.08. The molecule has 33 heavy (non-hydrogen) atoms. The van der Waals surface area contributed by atoms with Crippen molar-refractivity contribution >= 4 is 11.8 Å². The number of hydrogen-bond donors (Lipinski definition) is 2. The minimum atomic E-state index is -0.623. The Labute approximate surface area is 189 Å². The van der Waals surface area contributed by atoms with Gasteiger partial charge in [0.15, 0.2) is 28.8 Å². The number of ketones is 1. The molecular formula is C25H22O8. The van der Waals surface area contributed by atoms with Gasteiger partial charge in [-0.3, -0.25) is 4.79 Å². The van der Waals surface area contributed by atoms with E-state index in [0.29, 0.717) is 16.9 Å². The Hall–Kier alpha value is -4.20. The zero-order valence-electron chi connectivity index (χ0n) is 18.0. The van der Waals surface area contributed by atoms with E-state index in [1.165, 1.54) is 20.3 Å². The van der Waals surface area contributed by atoms with Gasteiger partial charge in [0.05, 0.1) is 32.3 Å². The highest BCUT2D eigenvalue weighted by Gasteiger charge is 2.34. The minimum Gasteiger partial charge on any atom is -0.504 e. The largest absolute Gasteiger partial charge is 0.504 e. The minimum absolute atomic E-state index is 0.0116. The van der Waals surface area contributed by atoms with Crippen LogP contribution in [0.3, 0.4) is 0 Å². The average Bonchev–Trinajstić information content (AvgIpc) is 2.83. The fraction of sp³-hybridized carbons (Fsp3) is 0.200. The molecule has 0 spiro atoms. The van der Waals surface area contributed by atoms with Crippen LogP contribution in [0.25, 0.3) is 0 Å². The van der Waals surface area contributed by atoms with Crippen molar-refractivity contribution in [3.63, 3.8) is 0 Å². The second-order valence-corrected chi connectivity index (χ2v) is 7.47. The molecule has 0 radical (unpaired) electrons. The molecule has 0 bridgehead atoms. The van der Waals surface area contributed by atoms with Crippen molar-refractivity contribution in [3.05, 3.63) is 71.3 Å². The summed E-state index contributed by atoms with van der Waals surface area (Å²) in [6, 6.07) is 15.0. The van der Waals surface area contributed by atoms with Gasteiger partial charge in [0.2, 0.25) is 5.75 Å². The molecule has 3 aromatic carbocycles. The van der Waals surface area contributed by atoms with Crippen molar-refractivity contribution in [2.75, 3.05) is 20.8 Å². The third-order valence-corrected chi connectivity index (χ3v) is 5.40. The van der Waals surface area contributed by atoms with Crippen molar-refractivity contribution in [1.82, 2.24) is 0 Å². The molecule has 0 fully saturated rings. The van der Waals surface area contributed by atoms with Gasteiger partial charge >= 0.3 is 5.97 Å². The highest BCUT2D eigenvalue weighted by Crippen LogP contribution is 2.46. The highest BCUT2D eigenvalue weighted by atomic mass is 16.6. The van der Waals surface area contributed by atoms with Gasteiger partial charge in [-0.15, -0.1) is 0 Å². The average molecular weight is 450 g/mol. The quantitative estimate of drug-likeness (QED) is 0.332. The van der Waals surface area contributed by atoms with Crippen molar-refractivity contribution in [2.45, 2.75) is 6.42 Å². The van der Waals surface area contributed by atoms with Gasteiger partial charge in [0.25, 0.3) is 0 Å². The molecule has 1 atom stereocenters. The molecule has 1 aliphatic rings. The van der Waals surface area contributed by atoms with Gasteiger partial charge < -0.3 is 29.2 Å².